The van der Waals surface area contributed by atoms with Gasteiger partial charge in [-0.3, -0.25) is 0 Å². The quantitative estimate of drug-likeness (QED) is 0.898. The zero-order chi connectivity index (χ0) is 14.7. The van der Waals surface area contributed by atoms with Crippen LogP contribution < -0.4 is 10.5 Å². The summed E-state index contributed by atoms with van der Waals surface area (Å²) in [5.74, 6) is -1.53. The van der Waals surface area contributed by atoms with Gasteiger partial charge in [0.05, 0.1) is 0 Å². The van der Waals surface area contributed by atoms with Crippen LogP contribution in [0.2, 0.25) is 0 Å². The normalized spacial score (nSPS) is 14.1. The molecule has 1 aromatic heterocycles. The fraction of sp³-hybridized carbons (Fsp3) is 0.333. The van der Waals surface area contributed by atoms with Gasteiger partial charge in [0.1, 0.15) is 11.9 Å². The SMILES string of the molecule is CCC(N)C(Oc1ccc(F)c(F)c1)c1ccc(C)s1. The standard InChI is InChI=1S/C15H17F2NOS/c1-3-13(18)15(14-7-4-9(2)20-14)19-10-5-6-11(16)12(17)8-10/h4-8,13,15H,3,18H2,1-2H3. The van der Waals surface area contributed by atoms with E-state index in [0.29, 0.717) is 0 Å². The van der Waals surface area contributed by atoms with E-state index in [2.05, 4.69) is 0 Å². The Morgan fingerprint density at radius 1 is 1.20 bits per heavy atom. The first-order valence-corrected chi connectivity index (χ1v) is 7.26. The third kappa shape index (κ3) is 3.35. The molecule has 0 amide bonds. The van der Waals surface area contributed by atoms with Crippen LogP contribution in [-0.4, -0.2) is 6.04 Å². The number of halogens is 2. The van der Waals surface area contributed by atoms with Gasteiger partial charge in [0.25, 0.3) is 0 Å². The molecule has 0 bridgehead atoms. The van der Waals surface area contributed by atoms with Gasteiger partial charge in [-0.25, -0.2) is 8.78 Å². The second-order valence-corrected chi connectivity index (χ2v) is 5.95. The predicted molar refractivity (Wildman–Crippen MR) is 77.0 cm³/mol. The number of thiophene rings is 1. The maximum Gasteiger partial charge on any atom is 0.162 e. The Balaban J connectivity index is 2.25. The van der Waals surface area contributed by atoms with Gasteiger partial charge in [-0.05, 0) is 37.6 Å². The van der Waals surface area contributed by atoms with Crippen LogP contribution in [0, 0.1) is 18.6 Å². The molecule has 1 heterocycles. The highest BCUT2D eigenvalue weighted by molar-refractivity contribution is 7.12. The van der Waals surface area contributed by atoms with E-state index in [9.17, 15) is 8.78 Å². The van der Waals surface area contributed by atoms with Crippen molar-refractivity contribution in [3.63, 3.8) is 0 Å². The molecule has 0 spiro atoms. The van der Waals surface area contributed by atoms with Crippen molar-refractivity contribution in [1.82, 2.24) is 0 Å². The molecule has 0 aliphatic heterocycles. The van der Waals surface area contributed by atoms with Gasteiger partial charge in [0, 0.05) is 21.9 Å². The molecule has 2 unspecified atom stereocenters. The third-order valence-corrected chi connectivity index (χ3v) is 4.12. The van der Waals surface area contributed by atoms with Crippen LogP contribution in [0.1, 0.15) is 29.2 Å². The summed E-state index contributed by atoms with van der Waals surface area (Å²) in [5, 5.41) is 0. The van der Waals surface area contributed by atoms with E-state index in [4.69, 9.17) is 10.5 Å². The first kappa shape index (κ1) is 14.9. The molecule has 0 aliphatic rings. The summed E-state index contributed by atoms with van der Waals surface area (Å²) in [5.41, 5.74) is 6.09. The summed E-state index contributed by atoms with van der Waals surface area (Å²) in [6, 6.07) is 7.25. The minimum Gasteiger partial charge on any atom is -0.483 e. The number of aryl methyl sites for hydroxylation is 1. The highest BCUT2D eigenvalue weighted by atomic mass is 32.1. The second kappa shape index (κ2) is 6.33. The topological polar surface area (TPSA) is 35.2 Å². The Morgan fingerprint density at radius 3 is 2.50 bits per heavy atom. The Kier molecular flexibility index (Phi) is 4.73. The van der Waals surface area contributed by atoms with Crippen molar-refractivity contribution in [3.8, 4) is 5.75 Å². The third-order valence-electron chi connectivity index (χ3n) is 3.06. The average molecular weight is 297 g/mol. The lowest BCUT2D eigenvalue weighted by Gasteiger charge is -2.23. The van der Waals surface area contributed by atoms with Gasteiger partial charge >= 0.3 is 0 Å². The predicted octanol–water partition coefficient (Wildman–Crippen LogP) is 4.19. The summed E-state index contributed by atoms with van der Waals surface area (Å²) < 4.78 is 32.0. The number of hydrogen-bond acceptors (Lipinski definition) is 3. The largest absolute Gasteiger partial charge is 0.483 e. The second-order valence-electron chi connectivity index (χ2n) is 4.63. The monoisotopic (exact) mass is 297 g/mol. The van der Waals surface area contributed by atoms with Crippen molar-refractivity contribution in [2.45, 2.75) is 32.4 Å². The van der Waals surface area contributed by atoms with Gasteiger partial charge in [0.15, 0.2) is 11.6 Å². The number of hydrogen-bond donors (Lipinski definition) is 1. The first-order chi connectivity index (χ1) is 9.51. The zero-order valence-corrected chi connectivity index (χ0v) is 12.2. The van der Waals surface area contributed by atoms with Gasteiger partial charge in [0.2, 0.25) is 0 Å². The summed E-state index contributed by atoms with van der Waals surface area (Å²) in [6.07, 6.45) is 0.370. The van der Waals surface area contributed by atoms with Crippen molar-refractivity contribution < 1.29 is 13.5 Å². The van der Waals surface area contributed by atoms with Crippen LogP contribution in [0.3, 0.4) is 0 Å². The number of ether oxygens (including phenoxy) is 1. The first-order valence-electron chi connectivity index (χ1n) is 6.45. The fourth-order valence-electron chi connectivity index (χ4n) is 1.87. The molecular formula is C15H17F2NOS. The number of nitrogens with two attached hydrogens (primary N) is 1. The van der Waals surface area contributed by atoms with E-state index in [1.807, 2.05) is 26.0 Å². The molecule has 108 valence electrons. The minimum absolute atomic E-state index is 0.207. The van der Waals surface area contributed by atoms with Crippen LogP contribution >= 0.6 is 11.3 Å². The Bertz CT molecular complexity index is 585. The number of rotatable bonds is 5. The molecule has 20 heavy (non-hydrogen) atoms. The van der Waals surface area contributed by atoms with E-state index in [-0.39, 0.29) is 17.9 Å². The number of benzene rings is 1. The molecule has 2 nitrogen and oxygen atoms in total. The molecule has 0 saturated heterocycles. The Hall–Kier alpha value is -1.46. The van der Waals surface area contributed by atoms with E-state index < -0.39 is 11.6 Å². The van der Waals surface area contributed by atoms with Gasteiger partial charge in [-0.1, -0.05) is 6.92 Å². The van der Waals surface area contributed by atoms with E-state index >= 15 is 0 Å². The van der Waals surface area contributed by atoms with Crippen LogP contribution in [0.4, 0.5) is 8.78 Å². The lowest BCUT2D eigenvalue weighted by Crippen LogP contribution is -2.30. The van der Waals surface area contributed by atoms with Crippen LogP contribution in [0.15, 0.2) is 30.3 Å². The van der Waals surface area contributed by atoms with Crippen molar-refractivity contribution >= 4 is 11.3 Å². The summed E-state index contributed by atoms with van der Waals surface area (Å²) >= 11 is 1.59. The molecule has 0 saturated carbocycles. The molecule has 2 N–H and O–H groups in total. The average Bonchev–Trinajstić information content (AvgIpc) is 2.85. The molecule has 2 rings (SSSR count). The van der Waals surface area contributed by atoms with Crippen LogP contribution in [-0.2, 0) is 0 Å². The molecule has 0 fully saturated rings. The zero-order valence-electron chi connectivity index (χ0n) is 11.4. The highest BCUT2D eigenvalue weighted by Gasteiger charge is 2.22. The molecule has 2 atom stereocenters. The van der Waals surface area contributed by atoms with E-state index in [1.165, 1.54) is 6.07 Å². The highest BCUT2D eigenvalue weighted by Crippen LogP contribution is 2.30. The summed E-state index contributed by atoms with van der Waals surface area (Å²) in [6.45, 7) is 3.97. The lowest BCUT2D eigenvalue weighted by atomic mass is 10.1. The molecule has 2 aromatic rings. The summed E-state index contributed by atoms with van der Waals surface area (Å²) in [7, 11) is 0. The van der Waals surface area contributed by atoms with Crippen LogP contribution in [0.25, 0.3) is 0 Å². The van der Waals surface area contributed by atoms with Gasteiger partial charge < -0.3 is 10.5 Å². The molecule has 1 aromatic carbocycles. The smallest absolute Gasteiger partial charge is 0.162 e. The fourth-order valence-corrected chi connectivity index (χ4v) is 2.86. The van der Waals surface area contributed by atoms with Crippen molar-refractivity contribution in [3.05, 3.63) is 51.7 Å². The maximum atomic E-state index is 13.2. The van der Waals surface area contributed by atoms with Gasteiger partial charge in [-0.2, -0.15) is 0 Å². The van der Waals surface area contributed by atoms with Crippen molar-refractivity contribution in [1.29, 1.82) is 0 Å². The molecular weight excluding hydrogens is 280 g/mol. The molecule has 0 aliphatic carbocycles. The Labute approximate surface area is 121 Å². The minimum atomic E-state index is -0.923. The van der Waals surface area contributed by atoms with Crippen molar-refractivity contribution in [2.75, 3.05) is 0 Å². The van der Waals surface area contributed by atoms with E-state index in [0.717, 1.165) is 28.3 Å². The lowest BCUT2D eigenvalue weighted by molar-refractivity contribution is 0.173. The maximum absolute atomic E-state index is 13.2. The molecule has 5 heteroatoms. The van der Waals surface area contributed by atoms with Crippen LogP contribution in [0.5, 0.6) is 5.75 Å². The Morgan fingerprint density at radius 2 is 1.95 bits per heavy atom. The van der Waals surface area contributed by atoms with Crippen molar-refractivity contribution in [2.24, 2.45) is 5.73 Å². The molecule has 0 radical (unpaired) electrons. The van der Waals surface area contributed by atoms with E-state index in [1.54, 1.807) is 11.3 Å². The summed E-state index contributed by atoms with van der Waals surface area (Å²) in [4.78, 5) is 2.14. The van der Waals surface area contributed by atoms with Gasteiger partial charge in [-0.15, -0.1) is 11.3 Å².